The fourth-order valence-corrected chi connectivity index (χ4v) is 7.25. The SMILES string of the molecule is CCOc1ccc(NC(=S)Nc2noc3ccccc23)cc1.COc1cc(NC(=S)Nc2noc3ccccc23)cc(OC)c1OC.COc1ccc(NC(=S)Nc2noc3ccccc23)cc1OC. The maximum atomic E-state index is 5.40. The zero-order valence-electron chi connectivity index (χ0n) is 38.6. The second-order valence-electron chi connectivity index (χ2n) is 14.3. The number of nitrogens with zero attached hydrogens (tertiary/aromatic N) is 3. The molecular weight excluding hydrogens is 955 g/mol. The quantitative estimate of drug-likeness (QED) is 0.0594. The highest BCUT2D eigenvalue weighted by molar-refractivity contribution is 7.81. The van der Waals surface area contributed by atoms with E-state index >= 15 is 0 Å². The van der Waals surface area contributed by atoms with E-state index in [2.05, 4.69) is 47.4 Å². The van der Waals surface area contributed by atoms with Gasteiger partial charge in [-0.3, -0.25) is 0 Å². The number of benzene rings is 6. The molecule has 9 rings (SSSR count). The van der Waals surface area contributed by atoms with Crippen LogP contribution < -0.4 is 60.3 Å². The van der Waals surface area contributed by atoms with Crippen LogP contribution in [-0.2, 0) is 0 Å². The van der Waals surface area contributed by atoms with Crippen LogP contribution in [0.15, 0.2) is 141 Å². The molecule has 0 radical (unpaired) electrons. The van der Waals surface area contributed by atoms with Gasteiger partial charge in [0, 0.05) is 35.3 Å². The van der Waals surface area contributed by atoms with Crippen LogP contribution in [0.1, 0.15) is 6.92 Å². The van der Waals surface area contributed by atoms with E-state index in [9.17, 15) is 0 Å². The molecule has 0 aliphatic carbocycles. The Hall–Kier alpha value is -8.40. The average molecular weight is 1000 g/mol. The van der Waals surface area contributed by atoms with Crippen LogP contribution in [0.5, 0.6) is 34.5 Å². The van der Waals surface area contributed by atoms with Gasteiger partial charge in [0.05, 0.1) is 58.3 Å². The Labute approximate surface area is 417 Å². The number of hydrogen-bond donors (Lipinski definition) is 6. The zero-order valence-corrected chi connectivity index (χ0v) is 41.0. The highest BCUT2D eigenvalue weighted by atomic mass is 32.1. The summed E-state index contributed by atoms with van der Waals surface area (Å²) in [5, 5.41) is 34.1. The lowest BCUT2D eigenvalue weighted by atomic mass is 10.2. The Morgan fingerprint density at radius 1 is 0.429 bits per heavy atom. The van der Waals surface area contributed by atoms with Gasteiger partial charge in [-0.15, -0.1) is 0 Å². The number of aromatic nitrogens is 3. The number of anilines is 6. The summed E-state index contributed by atoms with van der Waals surface area (Å²) < 4.78 is 47.5. The molecule has 6 aromatic carbocycles. The van der Waals surface area contributed by atoms with Crippen molar-refractivity contribution in [1.29, 1.82) is 0 Å². The van der Waals surface area contributed by atoms with Gasteiger partial charge in [-0.2, -0.15) is 0 Å². The molecule has 18 nitrogen and oxygen atoms in total. The lowest BCUT2D eigenvalue weighted by Gasteiger charge is -2.15. The van der Waals surface area contributed by atoms with Gasteiger partial charge in [0.15, 0.2) is 72.5 Å². The van der Waals surface area contributed by atoms with Gasteiger partial charge in [-0.1, -0.05) is 51.9 Å². The summed E-state index contributed by atoms with van der Waals surface area (Å²) in [6.07, 6.45) is 0. The largest absolute Gasteiger partial charge is 0.494 e. The first-order chi connectivity index (χ1) is 34.1. The summed E-state index contributed by atoms with van der Waals surface area (Å²) in [4.78, 5) is 0. The predicted octanol–water partition coefficient (Wildman–Crippen LogP) is 11.4. The van der Waals surface area contributed by atoms with E-state index in [1.54, 1.807) is 59.8 Å². The summed E-state index contributed by atoms with van der Waals surface area (Å²) >= 11 is 16.0. The monoisotopic (exact) mass is 1000 g/mol. The van der Waals surface area contributed by atoms with Gasteiger partial charge < -0.3 is 73.9 Å². The van der Waals surface area contributed by atoms with Crippen molar-refractivity contribution in [1.82, 2.24) is 15.5 Å². The second-order valence-corrected chi connectivity index (χ2v) is 15.5. The molecule has 3 aromatic heterocycles. The van der Waals surface area contributed by atoms with Crippen molar-refractivity contribution in [2.45, 2.75) is 6.92 Å². The molecule has 0 fully saturated rings. The van der Waals surface area contributed by atoms with E-state index in [0.717, 1.165) is 33.3 Å². The van der Waals surface area contributed by atoms with Gasteiger partial charge in [0.25, 0.3) is 0 Å². The third-order valence-corrected chi connectivity index (χ3v) is 10.4. The van der Waals surface area contributed by atoms with Crippen LogP contribution >= 0.6 is 36.7 Å². The lowest BCUT2D eigenvalue weighted by molar-refractivity contribution is 0.324. The first-order valence-corrected chi connectivity index (χ1v) is 22.4. The fourth-order valence-electron chi connectivity index (χ4n) is 6.61. The molecule has 0 spiro atoms. The van der Waals surface area contributed by atoms with Gasteiger partial charge in [-0.05, 0) is 116 Å². The summed E-state index contributed by atoms with van der Waals surface area (Å²) in [7, 11) is 7.83. The van der Waals surface area contributed by atoms with Crippen molar-refractivity contribution in [2.75, 3.05) is 74.1 Å². The molecule has 9 aromatic rings. The van der Waals surface area contributed by atoms with Crippen molar-refractivity contribution in [2.24, 2.45) is 0 Å². The molecule has 6 N–H and O–H groups in total. The molecular formula is C49H47N9O9S3. The van der Waals surface area contributed by atoms with Crippen LogP contribution in [0, 0.1) is 0 Å². The van der Waals surface area contributed by atoms with E-state index < -0.39 is 0 Å². The minimum absolute atomic E-state index is 0.355. The number of rotatable bonds is 13. The minimum Gasteiger partial charge on any atom is -0.494 e. The first-order valence-electron chi connectivity index (χ1n) is 21.2. The normalized spacial score (nSPS) is 10.4. The van der Waals surface area contributed by atoms with Crippen molar-refractivity contribution < 1.29 is 42.0 Å². The fraction of sp³-hybridized carbons (Fsp3) is 0.143. The minimum atomic E-state index is 0.355. The number of nitrogens with one attached hydrogen (secondary N) is 6. The maximum Gasteiger partial charge on any atom is 0.203 e. The highest BCUT2D eigenvalue weighted by Crippen LogP contribution is 2.40. The van der Waals surface area contributed by atoms with Gasteiger partial charge in [0.1, 0.15) is 5.75 Å². The maximum absolute atomic E-state index is 5.40. The Kier molecular flexibility index (Phi) is 17.0. The van der Waals surface area contributed by atoms with Crippen LogP contribution in [0.4, 0.5) is 34.5 Å². The van der Waals surface area contributed by atoms with E-state index in [-0.39, 0.29) is 0 Å². The number of ether oxygens (including phenoxy) is 6. The number of methoxy groups -OCH3 is 5. The van der Waals surface area contributed by atoms with Gasteiger partial charge >= 0.3 is 0 Å². The smallest absolute Gasteiger partial charge is 0.203 e. The predicted molar refractivity (Wildman–Crippen MR) is 285 cm³/mol. The number of para-hydroxylation sites is 3. The summed E-state index contributed by atoms with van der Waals surface area (Å²) in [6.45, 7) is 2.60. The molecule has 0 saturated carbocycles. The molecule has 0 saturated heterocycles. The molecule has 21 heteroatoms. The van der Waals surface area contributed by atoms with E-state index in [0.29, 0.717) is 90.6 Å². The molecule has 3 heterocycles. The standard InChI is InChI=1S/C17H17N3O4S.C16H15N3O3S.C16H15N3O2S/c1-21-13-8-10(9-14(22-2)15(13)23-3)18-17(25)19-16-11-6-4-5-7-12(11)24-20-16;1-20-13-8-7-10(9-14(13)21-2)17-16(23)18-15-11-5-3-4-6-12(11)22-19-15;1-2-20-12-9-7-11(8-10-12)17-16(22)18-15-13-5-3-4-6-14(13)21-19-15/h4-9H,1-3H3,(H2,18,19,20,25);3-9H,1-2H3,(H2,17,18,19,23);3-10H,2H2,1H3,(H2,17,18,19,22). The molecule has 0 bridgehead atoms. The zero-order chi connectivity index (χ0) is 49.4. The van der Waals surface area contributed by atoms with E-state index in [1.807, 2.05) is 110 Å². The highest BCUT2D eigenvalue weighted by Gasteiger charge is 2.16. The molecule has 0 aliphatic rings. The lowest BCUT2D eigenvalue weighted by Crippen LogP contribution is -2.19. The van der Waals surface area contributed by atoms with Crippen LogP contribution in [0.3, 0.4) is 0 Å². The summed E-state index contributed by atoms with van der Waals surface area (Å²) in [6, 6.07) is 39.2. The van der Waals surface area contributed by atoms with Crippen molar-refractivity contribution in [3.05, 3.63) is 127 Å². The van der Waals surface area contributed by atoms with Gasteiger partial charge in [0.2, 0.25) is 5.75 Å². The Morgan fingerprint density at radius 2 is 0.814 bits per heavy atom. The Balaban J connectivity index is 0.000000155. The number of hydrogen-bond acceptors (Lipinski definition) is 15. The van der Waals surface area contributed by atoms with Crippen molar-refractivity contribution in [3.63, 3.8) is 0 Å². The van der Waals surface area contributed by atoms with Crippen molar-refractivity contribution in [3.8, 4) is 34.5 Å². The Morgan fingerprint density at radius 3 is 1.23 bits per heavy atom. The summed E-state index contributed by atoms with van der Waals surface area (Å²) in [5.41, 5.74) is 4.42. The van der Waals surface area contributed by atoms with Crippen LogP contribution in [0.2, 0.25) is 0 Å². The van der Waals surface area contributed by atoms with Crippen LogP contribution in [0.25, 0.3) is 32.9 Å². The first kappa shape index (κ1) is 49.5. The number of thiocarbonyl (C=S) groups is 3. The Bertz CT molecular complexity index is 3190. The third kappa shape index (κ3) is 12.6. The second kappa shape index (κ2) is 24.1. The van der Waals surface area contributed by atoms with Crippen LogP contribution in [-0.4, -0.2) is 73.0 Å². The molecule has 0 aliphatic heterocycles. The van der Waals surface area contributed by atoms with E-state index in [4.69, 9.17) is 78.6 Å². The molecule has 0 amide bonds. The van der Waals surface area contributed by atoms with E-state index in [1.165, 1.54) is 0 Å². The molecule has 0 atom stereocenters. The molecule has 360 valence electrons. The number of fused-ring (bicyclic) bond motifs is 3. The van der Waals surface area contributed by atoms with Gasteiger partial charge in [-0.25, -0.2) is 0 Å². The summed E-state index contributed by atoms with van der Waals surface area (Å²) in [5.74, 6) is 5.37. The average Bonchev–Trinajstić information content (AvgIpc) is 4.11. The molecule has 70 heavy (non-hydrogen) atoms. The third-order valence-electron chi connectivity index (χ3n) is 9.82. The topological polar surface area (TPSA) is 206 Å². The van der Waals surface area contributed by atoms with Crippen molar-refractivity contribution >= 4 is 119 Å². The molecule has 0 unspecified atom stereocenters.